The lowest BCUT2D eigenvalue weighted by Gasteiger charge is -2.17. The highest BCUT2D eigenvalue weighted by Gasteiger charge is 2.23. The summed E-state index contributed by atoms with van der Waals surface area (Å²) in [6, 6.07) is 2.18. The Balaban J connectivity index is 1.72. The Morgan fingerprint density at radius 1 is 1.33 bits per heavy atom. The number of nitrogens with zero attached hydrogens (tertiary/aromatic N) is 3. The molecule has 6 heteroatoms. The summed E-state index contributed by atoms with van der Waals surface area (Å²) >= 11 is 0. The maximum atomic E-state index is 5.90. The van der Waals surface area contributed by atoms with Gasteiger partial charge in [-0.2, -0.15) is 4.98 Å². The smallest absolute Gasteiger partial charge is 0.222 e. The van der Waals surface area contributed by atoms with E-state index in [2.05, 4.69) is 14.9 Å². The molecule has 1 aliphatic carbocycles. The third-order valence-electron chi connectivity index (χ3n) is 3.32. The molecular formula is C12H19N5O. The normalized spacial score (nSPS) is 23.6. The summed E-state index contributed by atoms with van der Waals surface area (Å²) in [4.78, 5) is 10.6. The second-order valence-electron chi connectivity index (χ2n) is 5.08. The lowest BCUT2D eigenvalue weighted by atomic mass is 10.3. The van der Waals surface area contributed by atoms with Gasteiger partial charge in [-0.05, 0) is 19.3 Å². The van der Waals surface area contributed by atoms with Gasteiger partial charge in [0.15, 0.2) is 0 Å². The van der Waals surface area contributed by atoms with Crippen LogP contribution in [0.3, 0.4) is 0 Å². The minimum Gasteiger partial charge on any atom is -0.372 e. The van der Waals surface area contributed by atoms with Crippen molar-refractivity contribution in [2.75, 3.05) is 23.7 Å². The van der Waals surface area contributed by atoms with E-state index in [4.69, 9.17) is 16.2 Å². The minimum absolute atomic E-state index is 0.229. The summed E-state index contributed by atoms with van der Waals surface area (Å²) in [6.07, 6.45) is 3.74. The van der Waals surface area contributed by atoms with Crippen LogP contribution in [-0.4, -0.2) is 35.2 Å². The minimum atomic E-state index is 0.229. The Hall–Kier alpha value is -1.40. The van der Waals surface area contributed by atoms with Crippen molar-refractivity contribution in [3.8, 4) is 0 Å². The molecule has 2 aliphatic rings. The topological polar surface area (TPSA) is 90.3 Å². The Morgan fingerprint density at radius 2 is 2.17 bits per heavy atom. The van der Waals surface area contributed by atoms with Gasteiger partial charge in [0.2, 0.25) is 5.95 Å². The van der Waals surface area contributed by atoms with Gasteiger partial charge in [0.25, 0.3) is 0 Å². The van der Waals surface area contributed by atoms with Crippen molar-refractivity contribution < 1.29 is 4.74 Å². The van der Waals surface area contributed by atoms with Crippen LogP contribution in [-0.2, 0) is 11.3 Å². The van der Waals surface area contributed by atoms with E-state index in [1.165, 1.54) is 0 Å². The van der Waals surface area contributed by atoms with Gasteiger partial charge in [-0.25, -0.2) is 4.98 Å². The van der Waals surface area contributed by atoms with Gasteiger partial charge in [-0.1, -0.05) is 0 Å². The van der Waals surface area contributed by atoms with Crippen LogP contribution in [0, 0.1) is 0 Å². The van der Waals surface area contributed by atoms with E-state index < -0.39 is 0 Å². The van der Waals surface area contributed by atoms with Gasteiger partial charge >= 0.3 is 0 Å². The van der Waals surface area contributed by atoms with Gasteiger partial charge in [-0.3, -0.25) is 0 Å². The molecule has 18 heavy (non-hydrogen) atoms. The van der Waals surface area contributed by atoms with Crippen molar-refractivity contribution in [3.05, 3.63) is 11.8 Å². The van der Waals surface area contributed by atoms with E-state index in [1.54, 1.807) is 0 Å². The van der Waals surface area contributed by atoms with E-state index >= 15 is 0 Å². The van der Waals surface area contributed by atoms with Gasteiger partial charge < -0.3 is 21.1 Å². The molecule has 0 aromatic carbocycles. The van der Waals surface area contributed by atoms with Gasteiger partial charge in [0.05, 0.1) is 18.4 Å². The Kier molecular flexibility index (Phi) is 3.05. The van der Waals surface area contributed by atoms with Crippen molar-refractivity contribution >= 4 is 11.8 Å². The molecule has 1 aliphatic heterocycles. The maximum absolute atomic E-state index is 5.90. The summed E-state index contributed by atoms with van der Waals surface area (Å²) in [5.74, 6) is 1.17. The maximum Gasteiger partial charge on any atom is 0.222 e. The third-order valence-corrected chi connectivity index (χ3v) is 3.32. The van der Waals surface area contributed by atoms with E-state index in [1.807, 2.05) is 6.07 Å². The Morgan fingerprint density at radius 3 is 2.83 bits per heavy atom. The van der Waals surface area contributed by atoms with Crippen molar-refractivity contribution in [1.82, 2.24) is 9.97 Å². The standard InChI is InChI=1S/C12H19N5O/c13-8-3-4-17(6-8)11-5-9(15-12(14)16-11)7-18-10-1-2-10/h5,8,10H,1-4,6-7,13H2,(H2,14,15,16)/t8-/m1/s1. The Bertz CT molecular complexity index is 434. The number of anilines is 2. The lowest BCUT2D eigenvalue weighted by molar-refractivity contribution is 0.103. The van der Waals surface area contributed by atoms with Gasteiger partial charge in [0.1, 0.15) is 5.82 Å². The highest BCUT2D eigenvalue weighted by molar-refractivity contribution is 5.44. The fourth-order valence-corrected chi connectivity index (χ4v) is 2.17. The summed E-state index contributed by atoms with van der Waals surface area (Å²) in [5, 5.41) is 0. The highest BCUT2D eigenvalue weighted by Crippen LogP contribution is 2.25. The molecule has 0 unspecified atom stereocenters. The predicted octanol–water partition coefficient (Wildman–Crippen LogP) is 0.275. The Labute approximate surface area is 106 Å². The zero-order chi connectivity index (χ0) is 12.5. The molecule has 2 heterocycles. The predicted molar refractivity (Wildman–Crippen MR) is 69.1 cm³/mol. The molecule has 1 saturated carbocycles. The summed E-state index contributed by atoms with van der Waals surface area (Å²) in [6.45, 7) is 2.28. The van der Waals surface area contributed by atoms with Crippen LogP contribution in [0.25, 0.3) is 0 Å². The van der Waals surface area contributed by atoms with E-state index in [-0.39, 0.29) is 6.04 Å². The van der Waals surface area contributed by atoms with Crippen molar-refractivity contribution in [2.24, 2.45) is 5.73 Å². The van der Waals surface area contributed by atoms with Crippen LogP contribution < -0.4 is 16.4 Å². The van der Waals surface area contributed by atoms with Crippen molar-refractivity contribution in [1.29, 1.82) is 0 Å². The molecule has 1 aromatic heterocycles. The zero-order valence-electron chi connectivity index (χ0n) is 10.4. The second-order valence-corrected chi connectivity index (χ2v) is 5.08. The molecule has 1 aromatic rings. The number of hydrogen-bond acceptors (Lipinski definition) is 6. The molecule has 6 nitrogen and oxygen atoms in total. The molecule has 2 fully saturated rings. The largest absolute Gasteiger partial charge is 0.372 e. The van der Waals surface area contributed by atoms with Gasteiger partial charge in [0, 0.05) is 25.2 Å². The average Bonchev–Trinajstić information content (AvgIpc) is 3.07. The fraction of sp³-hybridized carbons (Fsp3) is 0.667. The number of hydrogen-bond donors (Lipinski definition) is 2. The number of aromatic nitrogens is 2. The fourth-order valence-electron chi connectivity index (χ4n) is 2.17. The number of nitrogens with two attached hydrogens (primary N) is 2. The third kappa shape index (κ3) is 2.70. The van der Waals surface area contributed by atoms with Crippen LogP contribution in [0.5, 0.6) is 0 Å². The summed E-state index contributed by atoms with van der Waals surface area (Å²) < 4.78 is 5.64. The van der Waals surface area contributed by atoms with Crippen LogP contribution in [0.1, 0.15) is 25.0 Å². The van der Waals surface area contributed by atoms with Crippen molar-refractivity contribution in [3.63, 3.8) is 0 Å². The molecule has 0 spiro atoms. The van der Waals surface area contributed by atoms with Crippen LogP contribution >= 0.6 is 0 Å². The monoisotopic (exact) mass is 249 g/mol. The molecule has 0 bridgehead atoms. The molecule has 1 atom stereocenters. The van der Waals surface area contributed by atoms with Crippen molar-refractivity contribution in [2.45, 2.75) is 38.0 Å². The van der Waals surface area contributed by atoms with E-state index in [0.29, 0.717) is 18.7 Å². The number of ether oxygens (including phenoxy) is 1. The van der Waals surface area contributed by atoms with Crippen LogP contribution in [0.2, 0.25) is 0 Å². The van der Waals surface area contributed by atoms with E-state index in [0.717, 1.165) is 43.9 Å². The number of nitrogen functional groups attached to an aromatic ring is 1. The molecule has 3 rings (SSSR count). The first-order valence-electron chi connectivity index (χ1n) is 6.46. The molecule has 0 amide bonds. The highest BCUT2D eigenvalue weighted by atomic mass is 16.5. The molecule has 1 saturated heterocycles. The lowest BCUT2D eigenvalue weighted by Crippen LogP contribution is -2.27. The molecular weight excluding hydrogens is 230 g/mol. The van der Waals surface area contributed by atoms with Gasteiger partial charge in [-0.15, -0.1) is 0 Å². The number of rotatable bonds is 4. The summed E-state index contributed by atoms with van der Waals surface area (Å²) in [5.41, 5.74) is 12.5. The quantitative estimate of drug-likeness (QED) is 0.796. The molecule has 98 valence electrons. The molecule has 4 N–H and O–H groups in total. The zero-order valence-corrected chi connectivity index (χ0v) is 10.4. The second kappa shape index (κ2) is 4.70. The van der Waals surface area contributed by atoms with Crippen LogP contribution in [0.4, 0.5) is 11.8 Å². The SMILES string of the molecule is Nc1nc(COC2CC2)cc(N2CC[C@@H](N)C2)n1. The first kappa shape index (κ1) is 11.7. The van der Waals surface area contributed by atoms with E-state index in [9.17, 15) is 0 Å². The summed E-state index contributed by atoms with van der Waals surface area (Å²) in [7, 11) is 0. The first-order chi connectivity index (χ1) is 8.70. The first-order valence-corrected chi connectivity index (χ1v) is 6.46. The average molecular weight is 249 g/mol. The van der Waals surface area contributed by atoms with Crippen LogP contribution in [0.15, 0.2) is 6.07 Å². The molecule has 0 radical (unpaired) electrons.